The Morgan fingerprint density at radius 2 is 1.83 bits per heavy atom. The van der Waals surface area contributed by atoms with Gasteiger partial charge in [-0.3, -0.25) is 4.79 Å². The van der Waals surface area contributed by atoms with Crippen molar-refractivity contribution in [2.24, 2.45) is 0 Å². The average molecular weight is 392 g/mol. The molecule has 1 N–H and O–H groups in total. The highest BCUT2D eigenvalue weighted by Gasteiger charge is 2.16. The second-order valence-corrected chi connectivity index (χ2v) is 6.20. The minimum absolute atomic E-state index is 0.0387. The summed E-state index contributed by atoms with van der Waals surface area (Å²) in [5, 5.41) is 3.07. The van der Waals surface area contributed by atoms with E-state index in [9.17, 15) is 4.79 Å². The fourth-order valence-corrected chi connectivity index (χ4v) is 2.71. The van der Waals surface area contributed by atoms with Crippen molar-refractivity contribution in [1.29, 1.82) is 0 Å². The number of ether oxygens (including phenoxy) is 2. The van der Waals surface area contributed by atoms with E-state index in [1.807, 2.05) is 38.1 Å². The van der Waals surface area contributed by atoms with Crippen LogP contribution in [0.25, 0.3) is 0 Å². The zero-order valence-corrected chi connectivity index (χ0v) is 15.7. The number of methoxy groups -OCH3 is 1. The monoisotopic (exact) mass is 391 g/mol. The predicted molar refractivity (Wildman–Crippen MR) is 98.8 cm³/mol. The van der Waals surface area contributed by atoms with Gasteiger partial charge in [0.2, 0.25) is 0 Å². The van der Waals surface area contributed by atoms with Crippen LogP contribution in [0.1, 0.15) is 42.2 Å². The van der Waals surface area contributed by atoms with Gasteiger partial charge in [0.1, 0.15) is 0 Å². The second-order valence-electron chi connectivity index (χ2n) is 5.28. The van der Waals surface area contributed by atoms with Crippen LogP contribution >= 0.6 is 15.9 Å². The number of halogens is 1. The van der Waals surface area contributed by atoms with Crippen molar-refractivity contribution in [2.75, 3.05) is 13.7 Å². The van der Waals surface area contributed by atoms with Gasteiger partial charge in [-0.15, -0.1) is 0 Å². The molecule has 0 aliphatic heterocycles. The van der Waals surface area contributed by atoms with Crippen molar-refractivity contribution in [2.45, 2.75) is 26.3 Å². The first-order valence-electron chi connectivity index (χ1n) is 7.96. The lowest BCUT2D eigenvalue weighted by molar-refractivity contribution is 0.0935. The summed E-state index contributed by atoms with van der Waals surface area (Å²) in [6.45, 7) is 4.46. The smallest absolute Gasteiger partial charge is 0.251 e. The van der Waals surface area contributed by atoms with Gasteiger partial charge in [0, 0.05) is 10.0 Å². The normalized spacial score (nSPS) is 11.7. The molecule has 2 rings (SSSR count). The summed E-state index contributed by atoms with van der Waals surface area (Å²) >= 11 is 3.43. The zero-order valence-electron chi connectivity index (χ0n) is 14.1. The molecule has 0 spiro atoms. The highest BCUT2D eigenvalue weighted by Crippen LogP contribution is 2.28. The van der Waals surface area contributed by atoms with E-state index in [2.05, 4.69) is 21.2 Å². The molecule has 0 saturated heterocycles. The van der Waals surface area contributed by atoms with Crippen molar-refractivity contribution in [1.82, 2.24) is 5.32 Å². The SMILES string of the molecule is CCOc1cc(C(=O)N[C@@H](CC)c2ccc(Br)cc2)ccc1OC. The number of hydrogen-bond acceptors (Lipinski definition) is 3. The minimum Gasteiger partial charge on any atom is -0.493 e. The minimum atomic E-state index is -0.131. The molecule has 5 heteroatoms. The molecule has 1 amide bonds. The second kappa shape index (κ2) is 8.73. The van der Waals surface area contributed by atoms with Gasteiger partial charge in [-0.05, 0) is 49.2 Å². The first kappa shape index (κ1) is 18.3. The number of hydrogen-bond donors (Lipinski definition) is 1. The Balaban J connectivity index is 2.18. The molecule has 24 heavy (non-hydrogen) atoms. The lowest BCUT2D eigenvalue weighted by atomic mass is 10.0. The fourth-order valence-electron chi connectivity index (χ4n) is 2.44. The van der Waals surface area contributed by atoms with Crippen LogP contribution in [0.3, 0.4) is 0 Å². The highest BCUT2D eigenvalue weighted by atomic mass is 79.9. The Labute approximate surface area is 151 Å². The van der Waals surface area contributed by atoms with Gasteiger partial charge in [0.25, 0.3) is 5.91 Å². The van der Waals surface area contributed by atoms with E-state index in [0.29, 0.717) is 23.7 Å². The molecule has 128 valence electrons. The molecule has 1 atom stereocenters. The van der Waals surface area contributed by atoms with Crippen molar-refractivity contribution in [3.05, 3.63) is 58.1 Å². The van der Waals surface area contributed by atoms with Gasteiger partial charge in [-0.1, -0.05) is 35.0 Å². The Hall–Kier alpha value is -2.01. The number of carbonyl (C=O) groups is 1. The summed E-state index contributed by atoms with van der Waals surface area (Å²) in [5.41, 5.74) is 1.63. The van der Waals surface area contributed by atoms with Crippen LogP contribution in [0, 0.1) is 0 Å². The summed E-state index contributed by atoms with van der Waals surface area (Å²) in [5.74, 6) is 1.06. The van der Waals surface area contributed by atoms with Crippen molar-refractivity contribution < 1.29 is 14.3 Å². The third-order valence-electron chi connectivity index (χ3n) is 3.71. The number of benzene rings is 2. The van der Waals surface area contributed by atoms with E-state index in [1.165, 1.54) is 0 Å². The quantitative estimate of drug-likeness (QED) is 0.741. The Morgan fingerprint density at radius 3 is 2.42 bits per heavy atom. The van der Waals surface area contributed by atoms with Gasteiger partial charge in [0.05, 0.1) is 19.8 Å². The van der Waals surface area contributed by atoms with Gasteiger partial charge < -0.3 is 14.8 Å². The Morgan fingerprint density at radius 1 is 1.12 bits per heavy atom. The molecular weight excluding hydrogens is 370 g/mol. The van der Waals surface area contributed by atoms with E-state index in [0.717, 1.165) is 16.5 Å². The average Bonchev–Trinajstić information content (AvgIpc) is 2.60. The maximum absolute atomic E-state index is 12.6. The van der Waals surface area contributed by atoms with E-state index >= 15 is 0 Å². The molecule has 0 aliphatic carbocycles. The molecule has 0 unspecified atom stereocenters. The Bertz CT molecular complexity index is 686. The molecule has 0 aromatic heterocycles. The molecule has 0 bridgehead atoms. The van der Waals surface area contributed by atoms with E-state index < -0.39 is 0 Å². The summed E-state index contributed by atoms with van der Waals surface area (Å²) in [6, 6.07) is 13.1. The van der Waals surface area contributed by atoms with Crippen LogP contribution in [0.5, 0.6) is 11.5 Å². The van der Waals surface area contributed by atoms with Crippen LogP contribution in [0.2, 0.25) is 0 Å². The molecule has 2 aromatic carbocycles. The molecule has 0 fully saturated rings. The third-order valence-corrected chi connectivity index (χ3v) is 4.24. The number of rotatable bonds is 7. The molecule has 4 nitrogen and oxygen atoms in total. The first-order chi connectivity index (χ1) is 11.6. The summed E-state index contributed by atoms with van der Waals surface area (Å²) in [7, 11) is 1.58. The topological polar surface area (TPSA) is 47.6 Å². The molecule has 0 heterocycles. The van der Waals surface area contributed by atoms with Crippen molar-refractivity contribution in [3.8, 4) is 11.5 Å². The Kier molecular flexibility index (Phi) is 6.67. The predicted octanol–water partition coefficient (Wildman–Crippen LogP) is 4.74. The van der Waals surface area contributed by atoms with E-state index in [-0.39, 0.29) is 11.9 Å². The standard InChI is InChI=1S/C19H22BrNO3/c1-4-16(13-6-9-15(20)10-7-13)21-19(22)14-8-11-17(23-3)18(12-14)24-5-2/h6-12,16H,4-5H2,1-3H3,(H,21,22)/t16-/m0/s1. The molecule has 0 aliphatic rings. The molecule has 2 aromatic rings. The maximum atomic E-state index is 12.6. The van der Waals surface area contributed by atoms with Gasteiger partial charge in [0.15, 0.2) is 11.5 Å². The van der Waals surface area contributed by atoms with E-state index in [1.54, 1.807) is 25.3 Å². The van der Waals surface area contributed by atoms with Crippen molar-refractivity contribution >= 4 is 21.8 Å². The summed E-state index contributed by atoms with van der Waals surface area (Å²) < 4.78 is 11.8. The highest BCUT2D eigenvalue weighted by molar-refractivity contribution is 9.10. The molecular formula is C19H22BrNO3. The number of carbonyl (C=O) groups excluding carboxylic acids is 1. The van der Waals surface area contributed by atoms with Crippen molar-refractivity contribution in [3.63, 3.8) is 0 Å². The third kappa shape index (κ3) is 4.51. The molecule has 0 saturated carbocycles. The largest absolute Gasteiger partial charge is 0.493 e. The zero-order chi connectivity index (χ0) is 17.5. The maximum Gasteiger partial charge on any atom is 0.251 e. The lowest BCUT2D eigenvalue weighted by Gasteiger charge is -2.18. The fraction of sp³-hybridized carbons (Fsp3) is 0.316. The summed E-state index contributed by atoms with van der Waals surface area (Å²) in [4.78, 5) is 12.6. The van der Waals surface area contributed by atoms with Crippen LogP contribution in [-0.4, -0.2) is 19.6 Å². The summed E-state index contributed by atoms with van der Waals surface area (Å²) in [6.07, 6.45) is 0.807. The van der Waals surface area contributed by atoms with Gasteiger partial charge in [-0.2, -0.15) is 0 Å². The number of amides is 1. The van der Waals surface area contributed by atoms with Gasteiger partial charge >= 0.3 is 0 Å². The van der Waals surface area contributed by atoms with Crippen LogP contribution in [0.4, 0.5) is 0 Å². The van der Waals surface area contributed by atoms with Crippen LogP contribution in [0.15, 0.2) is 46.9 Å². The van der Waals surface area contributed by atoms with Crippen LogP contribution in [-0.2, 0) is 0 Å². The first-order valence-corrected chi connectivity index (χ1v) is 8.75. The van der Waals surface area contributed by atoms with E-state index in [4.69, 9.17) is 9.47 Å². The van der Waals surface area contributed by atoms with Crippen LogP contribution < -0.4 is 14.8 Å². The molecule has 0 radical (unpaired) electrons. The number of nitrogens with one attached hydrogen (secondary N) is 1. The lowest BCUT2D eigenvalue weighted by Crippen LogP contribution is -2.28. The van der Waals surface area contributed by atoms with Gasteiger partial charge in [-0.25, -0.2) is 0 Å².